The summed E-state index contributed by atoms with van der Waals surface area (Å²) in [4.78, 5) is 10.5. The zero-order valence-corrected chi connectivity index (χ0v) is 6.84. The molecule has 0 bridgehead atoms. The Morgan fingerprint density at radius 1 is 1.62 bits per heavy atom. The maximum absolute atomic E-state index is 13.0. The zero-order valence-electron chi connectivity index (χ0n) is 6.84. The number of rotatable bonds is 1. The minimum absolute atomic E-state index is 0.143. The predicted octanol–water partition coefficient (Wildman–Crippen LogP) is 1.12. The van der Waals surface area contributed by atoms with Gasteiger partial charge < -0.3 is 15.9 Å². The van der Waals surface area contributed by atoms with Gasteiger partial charge in [0.25, 0.3) is 0 Å². The molecule has 1 rings (SSSR count). The number of phenols is 1. The van der Waals surface area contributed by atoms with Gasteiger partial charge in [-0.15, -0.1) is 0 Å². The molecule has 0 aliphatic heterocycles. The number of phenolic OH excluding ortho intramolecular Hbond substituents is 1. The Hall–Kier alpha value is -1.78. The van der Waals surface area contributed by atoms with Crippen LogP contribution in [0.15, 0.2) is 6.07 Å². The van der Waals surface area contributed by atoms with Crippen molar-refractivity contribution in [3.63, 3.8) is 0 Å². The van der Waals surface area contributed by atoms with Gasteiger partial charge >= 0.3 is 5.97 Å². The molecule has 0 aliphatic carbocycles. The van der Waals surface area contributed by atoms with Gasteiger partial charge in [-0.05, 0) is 18.6 Å². The first kappa shape index (κ1) is 9.31. The van der Waals surface area contributed by atoms with Gasteiger partial charge in [0.2, 0.25) is 0 Å². The number of nitrogens with two attached hydrogens (primary N) is 1. The zero-order chi connectivity index (χ0) is 10.2. The summed E-state index contributed by atoms with van der Waals surface area (Å²) in [6, 6.07) is 1.12. The monoisotopic (exact) mass is 185 g/mol. The summed E-state index contributed by atoms with van der Waals surface area (Å²) in [6.07, 6.45) is 0. The number of benzene rings is 1. The predicted molar refractivity (Wildman–Crippen MR) is 44.2 cm³/mol. The first-order chi connectivity index (χ1) is 5.95. The number of anilines is 1. The van der Waals surface area contributed by atoms with E-state index in [0.717, 1.165) is 6.07 Å². The normalized spacial score (nSPS) is 10.0. The minimum atomic E-state index is -1.32. The van der Waals surface area contributed by atoms with Crippen molar-refractivity contribution in [1.29, 1.82) is 0 Å². The second-order valence-electron chi connectivity index (χ2n) is 2.62. The number of carboxylic acid groups (broad SMARTS) is 1. The fourth-order valence-corrected chi connectivity index (χ4v) is 0.958. The standard InChI is InChI=1S/C8H8FNO3/c1-3-2-4(8(12)13)6(10)5(9)7(3)11/h2,11H,10H2,1H3,(H,12,13). The second kappa shape index (κ2) is 2.93. The number of carboxylic acids is 1. The molecule has 0 fully saturated rings. The van der Waals surface area contributed by atoms with Gasteiger partial charge in [-0.1, -0.05) is 0 Å². The van der Waals surface area contributed by atoms with E-state index in [1.165, 1.54) is 6.92 Å². The van der Waals surface area contributed by atoms with Gasteiger partial charge in [0.05, 0.1) is 11.3 Å². The molecule has 0 saturated carbocycles. The molecule has 13 heavy (non-hydrogen) atoms. The molecule has 0 amide bonds. The molecule has 4 nitrogen and oxygen atoms in total. The first-order valence-electron chi connectivity index (χ1n) is 3.46. The number of aromatic carboxylic acids is 1. The van der Waals surface area contributed by atoms with E-state index >= 15 is 0 Å². The highest BCUT2D eigenvalue weighted by molar-refractivity contribution is 5.94. The van der Waals surface area contributed by atoms with Crippen LogP contribution in [0.3, 0.4) is 0 Å². The molecule has 70 valence electrons. The maximum atomic E-state index is 13.0. The average molecular weight is 185 g/mol. The van der Waals surface area contributed by atoms with Crippen LogP contribution in [-0.4, -0.2) is 16.2 Å². The molecular formula is C8H8FNO3. The van der Waals surface area contributed by atoms with E-state index in [0.29, 0.717) is 0 Å². The van der Waals surface area contributed by atoms with Crippen molar-refractivity contribution in [2.75, 3.05) is 5.73 Å². The fraction of sp³-hybridized carbons (Fsp3) is 0.125. The molecule has 0 aromatic heterocycles. The number of carbonyl (C=O) groups is 1. The highest BCUT2D eigenvalue weighted by Crippen LogP contribution is 2.28. The van der Waals surface area contributed by atoms with E-state index in [-0.39, 0.29) is 11.1 Å². The number of hydrogen-bond acceptors (Lipinski definition) is 3. The maximum Gasteiger partial charge on any atom is 0.337 e. The molecule has 0 aliphatic rings. The lowest BCUT2D eigenvalue weighted by molar-refractivity contribution is 0.0697. The Morgan fingerprint density at radius 2 is 2.15 bits per heavy atom. The third kappa shape index (κ3) is 1.40. The van der Waals surface area contributed by atoms with Crippen LogP contribution in [0.1, 0.15) is 15.9 Å². The molecule has 0 heterocycles. The van der Waals surface area contributed by atoms with Crippen LogP contribution >= 0.6 is 0 Å². The smallest absolute Gasteiger partial charge is 0.337 e. The van der Waals surface area contributed by atoms with E-state index in [1.54, 1.807) is 0 Å². The number of aryl methyl sites for hydroxylation is 1. The van der Waals surface area contributed by atoms with Crippen LogP contribution in [0.4, 0.5) is 10.1 Å². The van der Waals surface area contributed by atoms with Crippen LogP contribution in [0.25, 0.3) is 0 Å². The lowest BCUT2D eigenvalue weighted by Gasteiger charge is -2.06. The van der Waals surface area contributed by atoms with Gasteiger partial charge in [-0.25, -0.2) is 9.18 Å². The molecule has 0 saturated heterocycles. The van der Waals surface area contributed by atoms with E-state index in [2.05, 4.69) is 0 Å². The van der Waals surface area contributed by atoms with Gasteiger partial charge in [-0.3, -0.25) is 0 Å². The summed E-state index contributed by atoms with van der Waals surface area (Å²) >= 11 is 0. The quantitative estimate of drug-likeness (QED) is 0.572. The van der Waals surface area contributed by atoms with Crippen LogP contribution < -0.4 is 5.73 Å². The lowest BCUT2D eigenvalue weighted by Crippen LogP contribution is -2.05. The first-order valence-corrected chi connectivity index (χ1v) is 3.46. The Balaban J connectivity index is 3.50. The van der Waals surface area contributed by atoms with Crippen molar-refractivity contribution in [3.8, 4) is 5.75 Å². The third-order valence-electron chi connectivity index (χ3n) is 1.70. The summed E-state index contributed by atoms with van der Waals surface area (Å²) in [5.74, 6) is -3.01. The van der Waals surface area contributed by atoms with Crippen LogP contribution in [0, 0.1) is 12.7 Å². The fourth-order valence-electron chi connectivity index (χ4n) is 0.958. The topological polar surface area (TPSA) is 83.5 Å². The summed E-state index contributed by atoms with van der Waals surface area (Å²) in [6.45, 7) is 1.39. The van der Waals surface area contributed by atoms with Crippen molar-refractivity contribution in [2.24, 2.45) is 0 Å². The molecule has 1 aromatic carbocycles. The summed E-state index contributed by atoms with van der Waals surface area (Å²) in [5, 5.41) is 17.6. The van der Waals surface area contributed by atoms with Crippen molar-refractivity contribution >= 4 is 11.7 Å². The molecule has 0 unspecified atom stereocenters. The number of nitrogen functional groups attached to an aromatic ring is 1. The van der Waals surface area contributed by atoms with Crippen molar-refractivity contribution < 1.29 is 19.4 Å². The highest BCUT2D eigenvalue weighted by atomic mass is 19.1. The minimum Gasteiger partial charge on any atom is -0.505 e. The van der Waals surface area contributed by atoms with Crippen LogP contribution in [0.5, 0.6) is 5.75 Å². The van der Waals surface area contributed by atoms with Crippen molar-refractivity contribution in [2.45, 2.75) is 6.92 Å². The SMILES string of the molecule is Cc1cc(C(=O)O)c(N)c(F)c1O. The number of aromatic hydroxyl groups is 1. The molecule has 0 atom stereocenters. The van der Waals surface area contributed by atoms with E-state index < -0.39 is 23.2 Å². The largest absolute Gasteiger partial charge is 0.505 e. The van der Waals surface area contributed by atoms with Gasteiger partial charge in [0.1, 0.15) is 0 Å². The highest BCUT2D eigenvalue weighted by Gasteiger charge is 2.17. The van der Waals surface area contributed by atoms with E-state index in [4.69, 9.17) is 15.9 Å². The third-order valence-corrected chi connectivity index (χ3v) is 1.70. The van der Waals surface area contributed by atoms with E-state index in [9.17, 15) is 9.18 Å². The van der Waals surface area contributed by atoms with Gasteiger partial charge in [-0.2, -0.15) is 0 Å². The Kier molecular flexibility index (Phi) is 2.10. The van der Waals surface area contributed by atoms with E-state index in [1.807, 2.05) is 0 Å². The Bertz CT molecular complexity index is 376. The van der Waals surface area contributed by atoms with Crippen LogP contribution in [-0.2, 0) is 0 Å². The molecule has 1 aromatic rings. The van der Waals surface area contributed by atoms with Crippen LogP contribution in [0.2, 0.25) is 0 Å². The molecule has 0 spiro atoms. The van der Waals surface area contributed by atoms with Crippen molar-refractivity contribution in [1.82, 2.24) is 0 Å². The summed E-state index contributed by atoms with van der Waals surface area (Å²) in [5.41, 5.74) is 4.39. The molecule has 4 N–H and O–H groups in total. The summed E-state index contributed by atoms with van der Waals surface area (Å²) < 4.78 is 13.0. The van der Waals surface area contributed by atoms with Gasteiger partial charge in [0, 0.05) is 0 Å². The Labute approximate surface area is 73.4 Å². The number of halogens is 1. The average Bonchev–Trinajstić information content (AvgIpc) is 2.07. The summed E-state index contributed by atoms with van der Waals surface area (Å²) in [7, 11) is 0. The van der Waals surface area contributed by atoms with Crippen molar-refractivity contribution in [3.05, 3.63) is 23.0 Å². The molecule has 0 radical (unpaired) electrons. The lowest BCUT2D eigenvalue weighted by atomic mass is 10.1. The second-order valence-corrected chi connectivity index (χ2v) is 2.62. The molecule has 5 heteroatoms. The van der Waals surface area contributed by atoms with Gasteiger partial charge in [0.15, 0.2) is 11.6 Å². The Morgan fingerprint density at radius 3 is 2.62 bits per heavy atom. The molecular weight excluding hydrogens is 177 g/mol. The number of hydrogen-bond donors (Lipinski definition) is 3.